The molecule has 1 N–H and O–H groups in total. The Balaban J connectivity index is 1.96. The van der Waals surface area contributed by atoms with E-state index in [9.17, 15) is 14.4 Å². The molecule has 0 spiro atoms. The van der Waals surface area contributed by atoms with E-state index >= 15 is 0 Å². The van der Waals surface area contributed by atoms with Crippen LogP contribution in [0.1, 0.15) is 36.5 Å². The normalized spacial score (nSPS) is 14.0. The highest BCUT2D eigenvalue weighted by atomic mass is 16.2. The van der Waals surface area contributed by atoms with Gasteiger partial charge in [0.1, 0.15) is 0 Å². The molecule has 1 aliphatic heterocycles. The summed E-state index contributed by atoms with van der Waals surface area (Å²) >= 11 is 0. The summed E-state index contributed by atoms with van der Waals surface area (Å²) < 4.78 is 0. The number of likely N-dealkylation sites (N-methyl/N-ethyl adjacent to an activating group) is 1. The van der Waals surface area contributed by atoms with E-state index in [1.54, 1.807) is 36.2 Å². The van der Waals surface area contributed by atoms with Gasteiger partial charge >= 0.3 is 0 Å². The molecule has 1 saturated heterocycles. The van der Waals surface area contributed by atoms with E-state index in [2.05, 4.69) is 5.32 Å². The molecule has 1 aliphatic rings. The van der Waals surface area contributed by atoms with Crippen LogP contribution in [0.25, 0.3) is 0 Å². The number of nitrogens with one attached hydrogen (secondary N) is 1. The molecule has 0 saturated carbocycles. The van der Waals surface area contributed by atoms with Gasteiger partial charge in [0.05, 0.1) is 6.54 Å². The van der Waals surface area contributed by atoms with Gasteiger partial charge < -0.3 is 15.1 Å². The molecule has 0 radical (unpaired) electrons. The van der Waals surface area contributed by atoms with Gasteiger partial charge in [-0.05, 0) is 37.1 Å². The molecule has 2 rings (SSSR count). The van der Waals surface area contributed by atoms with Crippen molar-refractivity contribution < 1.29 is 14.4 Å². The van der Waals surface area contributed by atoms with Gasteiger partial charge in [0.25, 0.3) is 5.91 Å². The van der Waals surface area contributed by atoms with Crippen molar-refractivity contribution in [3.8, 4) is 0 Å². The summed E-state index contributed by atoms with van der Waals surface area (Å²) in [5.41, 5.74) is 1.32. The smallest absolute Gasteiger partial charge is 0.254 e. The highest BCUT2D eigenvalue weighted by Crippen LogP contribution is 2.21. The van der Waals surface area contributed by atoms with Crippen molar-refractivity contribution in [1.29, 1.82) is 0 Å². The van der Waals surface area contributed by atoms with Gasteiger partial charge in [-0.15, -0.1) is 0 Å². The van der Waals surface area contributed by atoms with Crippen molar-refractivity contribution >= 4 is 23.4 Å². The van der Waals surface area contributed by atoms with Crippen LogP contribution in [-0.4, -0.2) is 49.3 Å². The summed E-state index contributed by atoms with van der Waals surface area (Å²) in [6.45, 7) is 3.34. The quantitative estimate of drug-likeness (QED) is 0.862. The molecule has 0 unspecified atom stereocenters. The maximum atomic E-state index is 12.3. The molecule has 6 nitrogen and oxygen atoms in total. The molecule has 0 aliphatic carbocycles. The predicted molar refractivity (Wildman–Crippen MR) is 88.3 cm³/mol. The number of carbonyl (C=O) groups is 3. The van der Waals surface area contributed by atoms with Gasteiger partial charge in [0.2, 0.25) is 11.8 Å². The lowest BCUT2D eigenvalue weighted by atomic mass is 10.1. The number of nitrogens with zero attached hydrogens (tertiary/aromatic N) is 2. The Morgan fingerprint density at radius 1 is 1.26 bits per heavy atom. The lowest BCUT2D eigenvalue weighted by Crippen LogP contribution is -2.38. The van der Waals surface area contributed by atoms with Crippen molar-refractivity contribution in [2.24, 2.45) is 0 Å². The average Bonchev–Trinajstić information content (AvgIpc) is 2.98. The Bertz CT molecular complexity index is 583. The Hall–Kier alpha value is -2.37. The summed E-state index contributed by atoms with van der Waals surface area (Å²) in [6, 6.07) is 6.95. The first kappa shape index (κ1) is 17.0. The number of anilines is 1. The number of hydrogen-bond donors (Lipinski definition) is 1. The molecule has 0 aromatic heterocycles. The van der Waals surface area contributed by atoms with Gasteiger partial charge in [0.15, 0.2) is 0 Å². The van der Waals surface area contributed by atoms with E-state index in [-0.39, 0.29) is 24.3 Å². The van der Waals surface area contributed by atoms with Crippen molar-refractivity contribution in [2.45, 2.75) is 26.2 Å². The van der Waals surface area contributed by atoms with Crippen molar-refractivity contribution in [3.05, 3.63) is 29.8 Å². The first-order valence-electron chi connectivity index (χ1n) is 7.95. The van der Waals surface area contributed by atoms with Crippen LogP contribution in [0.4, 0.5) is 5.69 Å². The molecule has 1 heterocycles. The zero-order valence-corrected chi connectivity index (χ0v) is 13.7. The highest BCUT2D eigenvalue weighted by molar-refractivity contribution is 5.98. The first-order chi connectivity index (χ1) is 11.0. The van der Waals surface area contributed by atoms with Gasteiger partial charge in [-0.1, -0.05) is 6.92 Å². The molecule has 124 valence electrons. The lowest BCUT2D eigenvalue weighted by molar-refractivity contribution is -0.121. The lowest BCUT2D eigenvalue weighted by Gasteiger charge is -2.18. The van der Waals surface area contributed by atoms with Crippen LogP contribution in [0.2, 0.25) is 0 Å². The van der Waals surface area contributed by atoms with Crippen molar-refractivity contribution in [2.75, 3.05) is 31.6 Å². The monoisotopic (exact) mass is 317 g/mol. The van der Waals surface area contributed by atoms with Crippen LogP contribution in [-0.2, 0) is 9.59 Å². The number of carbonyl (C=O) groups excluding carboxylic acids is 3. The largest absolute Gasteiger partial charge is 0.355 e. The molecule has 23 heavy (non-hydrogen) atoms. The van der Waals surface area contributed by atoms with Crippen molar-refractivity contribution in [1.82, 2.24) is 10.2 Å². The second kappa shape index (κ2) is 7.76. The summed E-state index contributed by atoms with van der Waals surface area (Å²) in [7, 11) is 1.60. The fourth-order valence-corrected chi connectivity index (χ4v) is 2.53. The molecule has 0 atom stereocenters. The Kier molecular flexibility index (Phi) is 5.73. The summed E-state index contributed by atoms with van der Waals surface area (Å²) in [4.78, 5) is 38.8. The zero-order chi connectivity index (χ0) is 16.8. The summed E-state index contributed by atoms with van der Waals surface area (Å²) in [6.07, 6.45) is 2.31. The molecule has 1 aromatic rings. The molecule has 0 bridgehead atoms. The summed E-state index contributed by atoms with van der Waals surface area (Å²) in [5, 5.41) is 2.74. The molecular weight excluding hydrogens is 294 g/mol. The molecular formula is C17H23N3O3. The number of benzene rings is 1. The minimum atomic E-state index is -0.212. The second-order valence-corrected chi connectivity index (χ2v) is 5.71. The Morgan fingerprint density at radius 3 is 2.52 bits per heavy atom. The van der Waals surface area contributed by atoms with Crippen LogP contribution in [0.5, 0.6) is 0 Å². The van der Waals surface area contributed by atoms with Crippen LogP contribution in [0.3, 0.4) is 0 Å². The number of amides is 3. The van der Waals surface area contributed by atoms with Crippen LogP contribution in [0.15, 0.2) is 24.3 Å². The van der Waals surface area contributed by atoms with Gasteiger partial charge in [-0.2, -0.15) is 0 Å². The van der Waals surface area contributed by atoms with E-state index < -0.39 is 0 Å². The van der Waals surface area contributed by atoms with Gasteiger partial charge in [-0.3, -0.25) is 14.4 Å². The minimum Gasteiger partial charge on any atom is -0.355 e. The fraction of sp³-hybridized carbons (Fsp3) is 0.471. The van der Waals surface area contributed by atoms with E-state index in [1.165, 1.54) is 4.90 Å². The van der Waals surface area contributed by atoms with Crippen LogP contribution < -0.4 is 10.2 Å². The maximum absolute atomic E-state index is 12.3. The topological polar surface area (TPSA) is 69.7 Å². The molecule has 3 amide bonds. The average molecular weight is 317 g/mol. The van der Waals surface area contributed by atoms with E-state index in [0.717, 1.165) is 25.1 Å². The Labute approximate surface area is 136 Å². The van der Waals surface area contributed by atoms with Crippen molar-refractivity contribution in [3.63, 3.8) is 0 Å². The number of rotatable bonds is 6. The number of hydrogen-bond acceptors (Lipinski definition) is 3. The van der Waals surface area contributed by atoms with E-state index in [0.29, 0.717) is 18.5 Å². The van der Waals surface area contributed by atoms with Crippen LogP contribution >= 0.6 is 0 Å². The standard InChI is InChI=1S/C17H23N3O3/c1-3-10-18-15(21)12-19(2)17(23)13-6-8-14(9-7-13)20-11-4-5-16(20)22/h6-9H,3-5,10-12H2,1-2H3,(H,18,21). The second-order valence-electron chi connectivity index (χ2n) is 5.71. The van der Waals surface area contributed by atoms with E-state index in [1.807, 2.05) is 6.92 Å². The third-order valence-corrected chi connectivity index (χ3v) is 3.80. The fourth-order valence-electron chi connectivity index (χ4n) is 2.53. The van der Waals surface area contributed by atoms with Crippen LogP contribution in [0, 0.1) is 0 Å². The molecule has 1 aromatic carbocycles. The molecule has 1 fully saturated rings. The first-order valence-corrected chi connectivity index (χ1v) is 7.95. The highest BCUT2D eigenvalue weighted by Gasteiger charge is 2.22. The maximum Gasteiger partial charge on any atom is 0.254 e. The molecule has 6 heteroatoms. The third-order valence-electron chi connectivity index (χ3n) is 3.80. The van der Waals surface area contributed by atoms with Gasteiger partial charge in [-0.25, -0.2) is 0 Å². The van der Waals surface area contributed by atoms with Gasteiger partial charge in [0, 0.05) is 37.8 Å². The zero-order valence-electron chi connectivity index (χ0n) is 13.7. The minimum absolute atomic E-state index is 0.0329. The Morgan fingerprint density at radius 2 is 1.96 bits per heavy atom. The van der Waals surface area contributed by atoms with E-state index in [4.69, 9.17) is 0 Å². The summed E-state index contributed by atoms with van der Waals surface area (Å²) in [5.74, 6) is -0.258. The SMILES string of the molecule is CCCNC(=O)CN(C)C(=O)c1ccc(N2CCCC2=O)cc1. The predicted octanol–water partition coefficient (Wildman–Crippen LogP) is 1.41. The third kappa shape index (κ3) is 4.31.